The van der Waals surface area contributed by atoms with Crippen LogP contribution in [-0.4, -0.2) is 5.78 Å². The van der Waals surface area contributed by atoms with Crippen molar-refractivity contribution in [3.63, 3.8) is 0 Å². The number of hydrogen-bond donors (Lipinski definition) is 0. The Morgan fingerprint density at radius 3 is 2.65 bits per heavy atom. The lowest BCUT2D eigenvalue weighted by atomic mass is 9.98. The molecule has 0 unspecified atom stereocenters. The first-order chi connectivity index (χ1) is 9.63. The van der Waals surface area contributed by atoms with E-state index in [4.69, 9.17) is 0 Å². The van der Waals surface area contributed by atoms with Crippen LogP contribution in [-0.2, 0) is 19.3 Å². The van der Waals surface area contributed by atoms with Crippen molar-refractivity contribution < 1.29 is 4.79 Å². The number of carbonyl (C=O) groups is 1. The number of aryl methyl sites for hydroxylation is 4. The van der Waals surface area contributed by atoms with Crippen molar-refractivity contribution in [3.8, 4) is 0 Å². The molecule has 1 aliphatic carbocycles. The molecule has 0 spiro atoms. The monoisotopic (exact) mass is 284 g/mol. The van der Waals surface area contributed by atoms with Crippen molar-refractivity contribution in [1.82, 2.24) is 0 Å². The van der Waals surface area contributed by atoms with E-state index in [2.05, 4.69) is 38.1 Å². The van der Waals surface area contributed by atoms with Gasteiger partial charge in [0.05, 0.1) is 4.88 Å². The molecule has 0 bridgehead atoms. The zero-order chi connectivity index (χ0) is 14.1. The van der Waals surface area contributed by atoms with Gasteiger partial charge in [0.15, 0.2) is 5.78 Å². The molecule has 20 heavy (non-hydrogen) atoms. The molecule has 0 N–H and O–H groups in total. The quantitative estimate of drug-likeness (QED) is 0.749. The second-order valence-corrected chi connectivity index (χ2v) is 6.92. The SMILES string of the molecule is Cc1ccc(CC(=O)c2cc3c(s2)CCCC3)cc1C. The van der Waals surface area contributed by atoms with Crippen molar-refractivity contribution in [3.05, 3.63) is 56.3 Å². The average molecular weight is 284 g/mol. The molecule has 2 aromatic rings. The molecule has 0 saturated heterocycles. The van der Waals surface area contributed by atoms with Gasteiger partial charge < -0.3 is 0 Å². The lowest BCUT2D eigenvalue weighted by Gasteiger charge is -2.08. The van der Waals surface area contributed by atoms with E-state index in [1.54, 1.807) is 11.3 Å². The Labute approximate surface area is 124 Å². The van der Waals surface area contributed by atoms with E-state index in [0.29, 0.717) is 6.42 Å². The molecule has 0 aliphatic heterocycles. The number of rotatable bonds is 3. The predicted octanol–water partition coefficient (Wildman–Crippen LogP) is 4.67. The van der Waals surface area contributed by atoms with Gasteiger partial charge in [-0.2, -0.15) is 0 Å². The van der Waals surface area contributed by atoms with E-state index in [0.717, 1.165) is 23.3 Å². The summed E-state index contributed by atoms with van der Waals surface area (Å²) in [4.78, 5) is 14.8. The van der Waals surface area contributed by atoms with Gasteiger partial charge in [-0.25, -0.2) is 0 Å². The van der Waals surface area contributed by atoms with Gasteiger partial charge in [-0.05, 0) is 67.9 Å². The van der Waals surface area contributed by atoms with Crippen LogP contribution in [0.5, 0.6) is 0 Å². The van der Waals surface area contributed by atoms with E-state index in [-0.39, 0.29) is 5.78 Å². The zero-order valence-electron chi connectivity index (χ0n) is 12.2. The van der Waals surface area contributed by atoms with Crippen molar-refractivity contribution in [1.29, 1.82) is 0 Å². The van der Waals surface area contributed by atoms with Crippen molar-refractivity contribution >= 4 is 17.1 Å². The van der Waals surface area contributed by atoms with Crippen LogP contribution in [0.4, 0.5) is 0 Å². The summed E-state index contributed by atoms with van der Waals surface area (Å²) < 4.78 is 0. The summed E-state index contributed by atoms with van der Waals surface area (Å²) in [6.07, 6.45) is 5.40. The van der Waals surface area contributed by atoms with Crippen LogP contribution in [0.3, 0.4) is 0 Å². The molecule has 3 rings (SSSR count). The first kappa shape index (κ1) is 13.6. The van der Waals surface area contributed by atoms with E-state index in [1.807, 2.05) is 0 Å². The molecule has 1 aromatic heterocycles. The molecule has 0 fully saturated rings. The summed E-state index contributed by atoms with van der Waals surface area (Å²) in [6, 6.07) is 8.47. The van der Waals surface area contributed by atoms with Gasteiger partial charge in [-0.3, -0.25) is 4.79 Å². The average Bonchev–Trinajstić information content (AvgIpc) is 2.87. The Morgan fingerprint density at radius 2 is 1.90 bits per heavy atom. The Kier molecular flexibility index (Phi) is 3.75. The molecule has 1 heterocycles. The highest BCUT2D eigenvalue weighted by Crippen LogP contribution is 2.30. The zero-order valence-corrected chi connectivity index (χ0v) is 13.0. The number of fused-ring (bicyclic) bond motifs is 1. The normalized spacial score (nSPS) is 14.1. The van der Waals surface area contributed by atoms with Gasteiger partial charge >= 0.3 is 0 Å². The second kappa shape index (κ2) is 5.53. The van der Waals surface area contributed by atoms with E-state index < -0.39 is 0 Å². The third-order valence-corrected chi connectivity index (χ3v) is 5.49. The minimum Gasteiger partial charge on any atom is -0.293 e. The van der Waals surface area contributed by atoms with Crippen molar-refractivity contribution in [2.75, 3.05) is 0 Å². The molecule has 0 atom stereocenters. The first-order valence-corrected chi connectivity index (χ1v) is 8.16. The van der Waals surface area contributed by atoms with Crippen LogP contribution >= 0.6 is 11.3 Å². The second-order valence-electron chi connectivity index (χ2n) is 5.78. The van der Waals surface area contributed by atoms with Crippen molar-refractivity contribution in [2.45, 2.75) is 46.0 Å². The summed E-state index contributed by atoms with van der Waals surface area (Å²) in [5, 5.41) is 0. The Hall–Kier alpha value is -1.41. The Morgan fingerprint density at radius 1 is 1.10 bits per heavy atom. The highest BCUT2D eigenvalue weighted by Gasteiger charge is 2.17. The van der Waals surface area contributed by atoms with Gasteiger partial charge in [0.2, 0.25) is 0 Å². The van der Waals surface area contributed by atoms with Crippen LogP contribution < -0.4 is 0 Å². The summed E-state index contributed by atoms with van der Waals surface area (Å²) in [5.74, 6) is 0.271. The van der Waals surface area contributed by atoms with Crippen LogP contribution in [0.15, 0.2) is 24.3 Å². The van der Waals surface area contributed by atoms with Crippen LogP contribution in [0.1, 0.15) is 49.6 Å². The van der Waals surface area contributed by atoms with Crippen LogP contribution in [0, 0.1) is 13.8 Å². The molecule has 2 heteroatoms. The Balaban J connectivity index is 1.78. The van der Waals surface area contributed by atoms with Gasteiger partial charge in [-0.1, -0.05) is 18.2 Å². The summed E-state index contributed by atoms with van der Waals surface area (Å²) in [6.45, 7) is 4.21. The number of ketones is 1. The van der Waals surface area contributed by atoms with E-state index in [9.17, 15) is 4.79 Å². The predicted molar refractivity (Wildman–Crippen MR) is 84.9 cm³/mol. The van der Waals surface area contributed by atoms with Crippen LogP contribution in [0.2, 0.25) is 0 Å². The molecular weight excluding hydrogens is 264 g/mol. The fraction of sp³-hybridized carbons (Fsp3) is 0.389. The van der Waals surface area contributed by atoms with Gasteiger partial charge in [-0.15, -0.1) is 11.3 Å². The maximum Gasteiger partial charge on any atom is 0.177 e. The number of carbonyl (C=O) groups excluding carboxylic acids is 1. The molecule has 0 saturated carbocycles. The standard InChI is InChI=1S/C18H20OS/c1-12-7-8-14(9-13(12)2)10-16(19)18-11-15-5-3-4-6-17(15)20-18/h7-9,11H,3-6,10H2,1-2H3. The Bertz CT molecular complexity index is 628. The number of hydrogen-bond acceptors (Lipinski definition) is 2. The van der Waals surface area contributed by atoms with E-state index >= 15 is 0 Å². The number of benzene rings is 1. The maximum atomic E-state index is 12.4. The van der Waals surface area contributed by atoms with Crippen LogP contribution in [0.25, 0.3) is 0 Å². The van der Waals surface area contributed by atoms with E-state index in [1.165, 1.54) is 34.4 Å². The largest absolute Gasteiger partial charge is 0.293 e. The minimum atomic E-state index is 0.271. The van der Waals surface area contributed by atoms with Gasteiger partial charge in [0.25, 0.3) is 0 Å². The summed E-state index contributed by atoms with van der Waals surface area (Å²) in [7, 11) is 0. The molecular formula is C18H20OS. The van der Waals surface area contributed by atoms with Gasteiger partial charge in [0.1, 0.15) is 0 Å². The van der Waals surface area contributed by atoms with Crippen molar-refractivity contribution in [2.24, 2.45) is 0 Å². The topological polar surface area (TPSA) is 17.1 Å². The lowest BCUT2D eigenvalue weighted by Crippen LogP contribution is -2.01. The molecule has 0 radical (unpaired) electrons. The fourth-order valence-electron chi connectivity index (χ4n) is 2.81. The first-order valence-electron chi connectivity index (χ1n) is 7.34. The summed E-state index contributed by atoms with van der Waals surface area (Å²) in [5.41, 5.74) is 5.10. The third kappa shape index (κ3) is 2.71. The minimum absolute atomic E-state index is 0.271. The molecule has 1 aromatic carbocycles. The maximum absolute atomic E-state index is 12.4. The third-order valence-electron chi connectivity index (χ3n) is 4.21. The number of Topliss-reactive ketones (excluding diaryl/α,β-unsaturated/α-hetero) is 1. The highest BCUT2D eigenvalue weighted by atomic mass is 32.1. The molecule has 1 nitrogen and oxygen atoms in total. The lowest BCUT2D eigenvalue weighted by molar-refractivity contribution is 0.0997. The smallest absolute Gasteiger partial charge is 0.177 e. The summed E-state index contributed by atoms with van der Waals surface area (Å²) >= 11 is 1.72. The number of thiophene rings is 1. The fourth-order valence-corrected chi connectivity index (χ4v) is 4.01. The highest BCUT2D eigenvalue weighted by molar-refractivity contribution is 7.14. The molecule has 1 aliphatic rings. The van der Waals surface area contributed by atoms with Gasteiger partial charge in [0, 0.05) is 11.3 Å². The molecule has 0 amide bonds. The molecule has 104 valence electrons.